The van der Waals surface area contributed by atoms with Crippen LogP contribution in [0.15, 0.2) is 12.2 Å². The molecule has 0 aromatic rings. The summed E-state index contributed by atoms with van der Waals surface area (Å²) in [5.41, 5.74) is 0. The van der Waals surface area contributed by atoms with Crippen molar-refractivity contribution < 1.29 is 0 Å². The van der Waals surface area contributed by atoms with Gasteiger partial charge in [-0.15, -0.1) is 12.4 Å². The topological polar surface area (TPSA) is 3.24 Å². The van der Waals surface area contributed by atoms with Crippen molar-refractivity contribution in [2.75, 3.05) is 13.1 Å². The number of allylic oxidation sites excluding steroid dienone is 1. The maximum atomic E-state index is 2.53. The Morgan fingerprint density at radius 1 is 1.15 bits per heavy atom. The molecule has 0 aliphatic heterocycles. The van der Waals surface area contributed by atoms with Crippen molar-refractivity contribution in [3.63, 3.8) is 0 Å². The van der Waals surface area contributed by atoms with Gasteiger partial charge in [-0.2, -0.15) is 0 Å². The SMILES string of the molecule is CC=CC(C)N(CCC)CCC.Cl. The number of nitrogens with zero attached hydrogens (tertiary/aromatic N) is 1. The van der Waals surface area contributed by atoms with Gasteiger partial charge >= 0.3 is 0 Å². The molecule has 80 valence electrons. The van der Waals surface area contributed by atoms with Gasteiger partial charge in [-0.05, 0) is 39.8 Å². The molecule has 0 aliphatic rings. The summed E-state index contributed by atoms with van der Waals surface area (Å²) in [7, 11) is 0. The van der Waals surface area contributed by atoms with Gasteiger partial charge in [0.05, 0.1) is 0 Å². The highest BCUT2D eigenvalue weighted by Crippen LogP contribution is 2.03. The van der Waals surface area contributed by atoms with Gasteiger partial charge in [-0.3, -0.25) is 4.90 Å². The van der Waals surface area contributed by atoms with Crippen LogP contribution in [0.25, 0.3) is 0 Å². The largest absolute Gasteiger partial charge is 0.297 e. The summed E-state index contributed by atoms with van der Waals surface area (Å²) in [6.45, 7) is 11.3. The molecule has 0 heterocycles. The molecular formula is C11H24ClN. The van der Waals surface area contributed by atoms with Crippen LogP contribution in [0.5, 0.6) is 0 Å². The van der Waals surface area contributed by atoms with Crippen LogP contribution in [-0.2, 0) is 0 Å². The molecule has 0 aromatic heterocycles. The first-order chi connectivity index (χ1) is 5.76. The Bertz CT molecular complexity index is 117. The third kappa shape index (κ3) is 7.09. The molecule has 13 heavy (non-hydrogen) atoms. The molecule has 0 aliphatic carbocycles. The number of rotatable bonds is 6. The number of halogens is 1. The lowest BCUT2D eigenvalue weighted by molar-refractivity contribution is 0.242. The van der Waals surface area contributed by atoms with Gasteiger partial charge in [0.25, 0.3) is 0 Å². The Morgan fingerprint density at radius 3 is 1.92 bits per heavy atom. The second kappa shape index (κ2) is 10.1. The van der Waals surface area contributed by atoms with Gasteiger partial charge in [-0.25, -0.2) is 0 Å². The summed E-state index contributed by atoms with van der Waals surface area (Å²) in [4.78, 5) is 2.53. The highest BCUT2D eigenvalue weighted by atomic mass is 35.5. The van der Waals surface area contributed by atoms with Crippen molar-refractivity contribution in [3.8, 4) is 0 Å². The van der Waals surface area contributed by atoms with Crippen LogP contribution in [-0.4, -0.2) is 24.0 Å². The molecule has 0 aromatic carbocycles. The van der Waals surface area contributed by atoms with E-state index in [1.807, 2.05) is 0 Å². The van der Waals surface area contributed by atoms with Gasteiger partial charge < -0.3 is 0 Å². The molecule has 1 unspecified atom stereocenters. The first-order valence-corrected chi connectivity index (χ1v) is 5.13. The Balaban J connectivity index is 0. The second-order valence-corrected chi connectivity index (χ2v) is 3.30. The van der Waals surface area contributed by atoms with Crippen LogP contribution in [0.3, 0.4) is 0 Å². The van der Waals surface area contributed by atoms with E-state index in [1.165, 1.54) is 25.9 Å². The molecule has 0 bridgehead atoms. The van der Waals surface area contributed by atoms with E-state index < -0.39 is 0 Å². The minimum atomic E-state index is 0. The summed E-state index contributed by atoms with van der Waals surface area (Å²) in [5.74, 6) is 0. The van der Waals surface area contributed by atoms with Gasteiger partial charge in [-0.1, -0.05) is 26.0 Å². The molecule has 0 fully saturated rings. The fourth-order valence-corrected chi connectivity index (χ4v) is 1.49. The summed E-state index contributed by atoms with van der Waals surface area (Å²) < 4.78 is 0. The van der Waals surface area contributed by atoms with E-state index >= 15 is 0 Å². The quantitative estimate of drug-likeness (QED) is 0.600. The standard InChI is InChI=1S/C11H23N.ClH/c1-5-8-11(4)12(9-6-2)10-7-3;/h5,8,11H,6-7,9-10H2,1-4H3;1H. The lowest BCUT2D eigenvalue weighted by Crippen LogP contribution is -2.33. The average Bonchev–Trinajstić information content (AvgIpc) is 2.04. The maximum absolute atomic E-state index is 2.53. The molecule has 0 radical (unpaired) electrons. The molecule has 0 N–H and O–H groups in total. The van der Waals surface area contributed by atoms with E-state index in [-0.39, 0.29) is 12.4 Å². The summed E-state index contributed by atoms with van der Waals surface area (Å²) in [6, 6.07) is 0.606. The Hall–Kier alpha value is -0.0100. The molecule has 0 saturated heterocycles. The first kappa shape index (κ1) is 15.5. The smallest absolute Gasteiger partial charge is 0.0249 e. The van der Waals surface area contributed by atoms with Gasteiger partial charge in [0.15, 0.2) is 0 Å². The highest BCUT2D eigenvalue weighted by Gasteiger charge is 2.07. The van der Waals surface area contributed by atoms with Crippen LogP contribution < -0.4 is 0 Å². The predicted molar refractivity (Wildman–Crippen MR) is 63.7 cm³/mol. The summed E-state index contributed by atoms with van der Waals surface area (Å²) >= 11 is 0. The second-order valence-electron chi connectivity index (χ2n) is 3.30. The van der Waals surface area contributed by atoms with E-state index in [9.17, 15) is 0 Å². The van der Waals surface area contributed by atoms with Crippen LogP contribution in [0, 0.1) is 0 Å². The third-order valence-corrected chi connectivity index (χ3v) is 2.07. The highest BCUT2D eigenvalue weighted by molar-refractivity contribution is 5.85. The van der Waals surface area contributed by atoms with E-state index in [1.54, 1.807) is 0 Å². The summed E-state index contributed by atoms with van der Waals surface area (Å²) in [6.07, 6.45) is 6.91. The number of hydrogen-bond acceptors (Lipinski definition) is 1. The fraction of sp³-hybridized carbons (Fsp3) is 0.818. The predicted octanol–water partition coefficient (Wildman–Crippen LogP) is 3.49. The molecule has 2 heteroatoms. The molecule has 1 atom stereocenters. The zero-order valence-electron chi connectivity index (χ0n) is 9.42. The first-order valence-electron chi connectivity index (χ1n) is 5.13. The Kier molecular flexibility index (Phi) is 12.0. The van der Waals surface area contributed by atoms with Crippen LogP contribution in [0.1, 0.15) is 40.5 Å². The fourth-order valence-electron chi connectivity index (χ4n) is 1.49. The Labute approximate surface area is 89.6 Å². The molecule has 0 saturated carbocycles. The van der Waals surface area contributed by atoms with Crippen LogP contribution in [0.4, 0.5) is 0 Å². The van der Waals surface area contributed by atoms with Crippen molar-refractivity contribution in [3.05, 3.63) is 12.2 Å². The lowest BCUT2D eigenvalue weighted by atomic mass is 10.2. The zero-order chi connectivity index (χ0) is 9.40. The Morgan fingerprint density at radius 2 is 1.62 bits per heavy atom. The molecule has 0 rings (SSSR count). The van der Waals surface area contributed by atoms with Crippen molar-refractivity contribution >= 4 is 12.4 Å². The van der Waals surface area contributed by atoms with E-state index in [0.717, 1.165) is 0 Å². The van der Waals surface area contributed by atoms with E-state index in [0.29, 0.717) is 6.04 Å². The third-order valence-electron chi connectivity index (χ3n) is 2.07. The van der Waals surface area contributed by atoms with E-state index in [4.69, 9.17) is 0 Å². The summed E-state index contributed by atoms with van der Waals surface area (Å²) in [5, 5.41) is 0. The minimum Gasteiger partial charge on any atom is -0.297 e. The monoisotopic (exact) mass is 205 g/mol. The van der Waals surface area contributed by atoms with Crippen molar-refractivity contribution in [2.45, 2.75) is 46.6 Å². The normalized spacial score (nSPS) is 13.3. The van der Waals surface area contributed by atoms with Gasteiger partial charge in [0, 0.05) is 6.04 Å². The zero-order valence-corrected chi connectivity index (χ0v) is 10.2. The van der Waals surface area contributed by atoms with Crippen LogP contribution >= 0.6 is 12.4 Å². The average molecular weight is 206 g/mol. The van der Waals surface area contributed by atoms with Crippen molar-refractivity contribution in [1.82, 2.24) is 4.90 Å². The van der Waals surface area contributed by atoms with Gasteiger partial charge in [0.1, 0.15) is 0 Å². The molecule has 0 amide bonds. The maximum Gasteiger partial charge on any atom is 0.0249 e. The molecule has 0 spiro atoms. The van der Waals surface area contributed by atoms with Crippen LogP contribution in [0.2, 0.25) is 0 Å². The molecule has 1 nitrogen and oxygen atoms in total. The van der Waals surface area contributed by atoms with Crippen molar-refractivity contribution in [1.29, 1.82) is 0 Å². The van der Waals surface area contributed by atoms with Crippen molar-refractivity contribution in [2.24, 2.45) is 0 Å². The molecular weight excluding hydrogens is 182 g/mol. The minimum absolute atomic E-state index is 0. The van der Waals surface area contributed by atoms with Gasteiger partial charge in [0.2, 0.25) is 0 Å². The lowest BCUT2D eigenvalue weighted by Gasteiger charge is -2.25. The van der Waals surface area contributed by atoms with E-state index in [2.05, 4.69) is 44.7 Å². The number of hydrogen-bond donors (Lipinski definition) is 0.